The normalized spacial score (nSPS) is 13.3. The summed E-state index contributed by atoms with van der Waals surface area (Å²) in [6.07, 6.45) is 7.19. The highest BCUT2D eigenvalue weighted by atomic mass is 14.7. The minimum absolute atomic E-state index is 0.345. The van der Waals surface area contributed by atoms with E-state index in [0.717, 1.165) is 29.6 Å². The van der Waals surface area contributed by atoms with Gasteiger partial charge in [-0.25, -0.2) is 4.98 Å². The first-order valence-electron chi connectivity index (χ1n) is 18.2. The Kier molecular flexibility index (Phi) is 7.31. The van der Waals surface area contributed by atoms with Crippen LogP contribution in [0.15, 0.2) is 140 Å². The molecule has 1 heterocycles. The quantitative estimate of drug-likeness (QED) is 0.163. The van der Waals surface area contributed by atoms with E-state index >= 15 is 0 Å². The fraction of sp³-hybridized carbons (Fsp3) is 0.188. The predicted molar refractivity (Wildman–Crippen MR) is 206 cm³/mol. The van der Waals surface area contributed by atoms with Crippen LogP contribution < -0.4 is 0 Å². The molecule has 6 aromatic carbocycles. The lowest BCUT2D eigenvalue weighted by atomic mass is 9.70. The molecule has 2 aliphatic carbocycles. The zero-order chi connectivity index (χ0) is 33.0. The highest BCUT2D eigenvalue weighted by Gasteiger charge is 2.51. The number of unbranched alkanes of at least 4 members (excludes halogenated alkanes) is 2. The second-order valence-corrected chi connectivity index (χ2v) is 14.0. The molecule has 0 aliphatic heterocycles. The minimum atomic E-state index is -0.345. The van der Waals surface area contributed by atoms with E-state index in [-0.39, 0.29) is 5.41 Å². The molecule has 1 aromatic heterocycles. The maximum absolute atomic E-state index is 5.27. The number of pyridine rings is 1. The van der Waals surface area contributed by atoms with E-state index in [9.17, 15) is 0 Å². The van der Waals surface area contributed by atoms with Gasteiger partial charge in [-0.3, -0.25) is 0 Å². The van der Waals surface area contributed by atoms with Gasteiger partial charge in [-0.05, 0) is 117 Å². The maximum Gasteiger partial charge on any atom is 0.0725 e. The number of fused-ring (bicyclic) bond motifs is 11. The Morgan fingerprint density at radius 3 is 1.59 bits per heavy atom. The first kappa shape index (κ1) is 29.8. The van der Waals surface area contributed by atoms with E-state index < -0.39 is 0 Å². The molecule has 1 nitrogen and oxygen atoms in total. The van der Waals surface area contributed by atoms with Crippen LogP contribution in [-0.2, 0) is 18.3 Å². The summed E-state index contributed by atoms with van der Waals surface area (Å²) in [6.45, 7) is 4.55. The molecule has 0 saturated heterocycles. The van der Waals surface area contributed by atoms with Crippen LogP contribution in [0.2, 0.25) is 0 Å². The first-order valence-corrected chi connectivity index (χ1v) is 18.2. The number of hydrogen-bond donors (Lipinski definition) is 0. The third kappa shape index (κ3) is 4.71. The molecule has 0 amide bonds. The Bertz CT molecular complexity index is 2290. The van der Waals surface area contributed by atoms with E-state index in [1.165, 1.54) is 97.8 Å². The van der Waals surface area contributed by atoms with Gasteiger partial charge in [0.1, 0.15) is 0 Å². The Hall–Kier alpha value is -5.27. The lowest BCUT2D eigenvalue weighted by molar-refractivity contribution is 0.781. The van der Waals surface area contributed by atoms with E-state index in [2.05, 4.69) is 153 Å². The smallest absolute Gasteiger partial charge is 0.0725 e. The third-order valence-corrected chi connectivity index (χ3v) is 11.0. The van der Waals surface area contributed by atoms with Gasteiger partial charge in [-0.2, -0.15) is 0 Å². The molecule has 0 fully saturated rings. The largest absolute Gasteiger partial charge is 0.248 e. The minimum Gasteiger partial charge on any atom is -0.248 e. The number of aryl methyl sites for hydroxylation is 2. The number of rotatable bonds is 8. The number of hydrogen-bond acceptors (Lipinski definition) is 1. The van der Waals surface area contributed by atoms with Crippen molar-refractivity contribution in [3.63, 3.8) is 0 Å². The van der Waals surface area contributed by atoms with Crippen LogP contribution in [-0.4, -0.2) is 4.98 Å². The molecule has 0 N–H and O–H groups in total. The molecule has 1 spiro atoms. The average Bonchev–Trinajstić information content (AvgIpc) is 3.63. The molecule has 0 unspecified atom stereocenters. The van der Waals surface area contributed by atoms with Gasteiger partial charge < -0.3 is 0 Å². The summed E-state index contributed by atoms with van der Waals surface area (Å²) in [5.41, 5.74) is 19.1. The van der Waals surface area contributed by atoms with Crippen molar-refractivity contribution in [3.05, 3.63) is 173 Å². The summed E-state index contributed by atoms with van der Waals surface area (Å²) < 4.78 is 0. The summed E-state index contributed by atoms with van der Waals surface area (Å²) in [5, 5.41) is 1.18. The zero-order valence-corrected chi connectivity index (χ0v) is 28.5. The molecule has 0 atom stereocenters. The Labute approximate surface area is 290 Å². The SMILES string of the molecule is CCCCc1cc(CCCC)cc(-c2ccc3nc(-c4ccc5c(c4)C4(c6ccccc6-c6ccccc64)c4ccccc4-5)ccc3c2)c1. The number of aromatic nitrogens is 1. The van der Waals surface area contributed by atoms with Crippen molar-refractivity contribution in [2.24, 2.45) is 0 Å². The Balaban J connectivity index is 1.14. The Morgan fingerprint density at radius 1 is 0.449 bits per heavy atom. The van der Waals surface area contributed by atoms with Gasteiger partial charge in [0.05, 0.1) is 16.6 Å². The van der Waals surface area contributed by atoms with Gasteiger partial charge in [-0.15, -0.1) is 0 Å². The average molecular weight is 632 g/mol. The summed E-state index contributed by atoms with van der Waals surface area (Å²) in [6, 6.07) is 52.6. The lowest BCUT2D eigenvalue weighted by Gasteiger charge is -2.30. The van der Waals surface area contributed by atoms with Crippen molar-refractivity contribution in [3.8, 4) is 44.6 Å². The number of benzene rings is 6. The fourth-order valence-corrected chi connectivity index (χ4v) is 8.70. The van der Waals surface area contributed by atoms with E-state index in [1.807, 2.05) is 0 Å². The van der Waals surface area contributed by atoms with Crippen molar-refractivity contribution in [2.75, 3.05) is 0 Å². The molecular formula is C48H41N. The molecule has 49 heavy (non-hydrogen) atoms. The summed E-state index contributed by atoms with van der Waals surface area (Å²) in [5.74, 6) is 0. The van der Waals surface area contributed by atoms with Gasteiger partial charge in [0, 0.05) is 10.9 Å². The first-order chi connectivity index (χ1) is 24.2. The van der Waals surface area contributed by atoms with Crippen molar-refractivity contribution in [1.29, 1.82) is 0 Å². The summed E-state index contributed by atoms with van der Waals surface area (Å²) in [4.78, 5) is 5.27. The van der Waals surface area contributed by atoms with Crippen LogP contribution in [0, 0.1) is 0 Å². The van der Waals surface area contributed by atoms with Crippen LogP contribution in [0.5, 0.6) is 0 Å². The van der Waals surface area contributed by atoms with Crippen molar-refractivity contribution in [2.45, 2.75) is 57.8 Å². The molecule has 0 bridgehead atoms. The van der Waals surface area contributed by atoms with Gasteiger partial charge >= 0.3 is 0 Å². The van der Waals surface area contributed by atoms with E-state index in [4.69, 9.17) is 4.98 Å². The standard InChI is InChI=1S/C48H41N/c1-3-5-13-32-27-33(14-6-4-2)29-37(28-32)34-22-25-46-35(30-34)23-26-47(49-46)36-21-24-41-40-17-9-12-20-44(40)48(45(41)31-36)42-18-10-7-15-38(42)39-16-8-11-19-43(39)48/h7-12,15-31H,3-6,13-14H2,1-2H3. The van der Waals surface area contributed by atoms with E-state index in [1.54, 1.807) is 0 Å². The molecule has 238 valence electrons. The second-order valence-electron chi connectivity index (χ2n) is 14.0. The molecule has 7 aromatic rings. The van der Waals surface area contributed by atoms with Crippen molar-refractivity contribution in [1.82, 2.24) is 4.98 Å². The zero-order valence-electron chi connectivity index (χ0n) is 28.5. The maximum atomic E-state index is 5.27. The van der Waals surface area contributed by atoms with Crippen LogP contribution in [0.3, 0.4) is 0 Å². The van der Waals surface area contributed by atoms with Crippen LogP contribution in [0.25, 0.3) is 55.5 Å². The summed E-state index contributed by atoms with van der Waals surface area (Å²) >= 11 is 0. The predicted octanol–water partition coefficient (Wildman–Crippen LogP) is 12.6. The number of nitrogens with zero attached hydrogens (tertiary/aromatic N) is 1. The van der Waals surface area contributed by atoms with Gasteiger partial charge in [0.25, 0.3) is 0 Å². The van der Waals surface area contributed by atoms with Gasteiger partial charge in [0.2, 0.25) is 0 Å². The lowest BCUT2D eigenvalue weighted by Crippen LogP contribution is -2.25. The van der Waals surface area contributed by atoms with Crippen LogP contribution in [0.4, 0.5) is 0 Å². The van der Waals surface area contributed by atoms with Crippen molar-refractivity contribution >= 4 is 10.9 Å². The highest BCUT2D eigenvalue weighted by Crippen LogP contribution is 2.62. The molecular weight excluding hydrogens is 591 g/mol. The van der Waals surface area contributed by atoms with Gasteiger partial charge in [-0.1, -0.05) is 142 Å². The van der Waals surface area contributed by atoms with Crippen LogP contribution in [0.1, 0.15) is 72.9 Å². The Morgan fingerprint density at radius 2 is 1.00 bits per heavy atom. The fourth-order valence-electron chi connectivity index (χ4n) is 8.70. The van der Waals surface area contributed by atoms with Gasteiger partial charge in [0.15, 0.2) is 0 Å². The monoisotopic (exact) mass is 631 g/mol. The molecule has 0 saturated carbocycles. The highest BCUT2D eigenvalue weighted by molar-refractivity contribution is 5.96. The molecule has 0 radical (unpaired) electrons. The van der Waals surface area contributed by atoms with Crippen LogP contribution >= 0.6 is 0 Å². The summed E-state index contributed by atoms with van der Waals surface area (Å²) in [7, 11) is 0. The second kappa shape index (κ2) is 12.0. The molecule has 9 rings (SSSR count). The van der Waals surface area contributed by atoms with E-state index in [0.29, 0.717) is 0 Å². The topological polar surface area (TPSA) is 12.9 Å². The molecule has 2 aliphatic rings. The van der Waals surface area contributed by atoms with Crippen molar-refractivity contribution < 1.29 is 0 Å². The molecule has 1 heteroatoms. The third-order valence-electron chi connectivity index (χ3n) is 11.0.